The molecule has 0 fully saturated rings. The molecule has 0 aliphatic heterocycles. The second-order valence-corrected chi connectivity index (χ2v) is 5.93. The lowest BCUT2D eigenvalue weighted by Gasteiger charge is -2.12. The summed E-state index contributed by atoms with van der Waals surface area (Å²) in [5.74, 6) is -2.70. The molecule has 0 unspecified atom stereocenters. The summed E-state index contributed by atoms with van der Waals surface area (Å²) in [4.78, 5) is -0.608. The van der Waals surface area contributed by atoms with E-state index in [2.05, 4.69) is 4.74 Å². The zero-order valence-corrected chi connectivity index (χ0v) is 11.9. The smallest absolute Gasteiger partial charge is 0.406 e. The number of benzene rings is 2. The van der Waals surface area contributed by atoms with Crippen molar-refractivity contribution < 1.29 is 35.1 Å². The third-order valence-electron chi connectivity index (χ3n) is 2.52. The van der Waals surface area contributed by atoms with Gasteiger partial charge in [0.25, 0.3) is 10.0 Å². The molecule has 10 heteroatoms. The van der Waals surface area contributed by atoms with Crippen LogP contribution in [0.15, 0.2) is 47.4 Å². The van der Waals surface area contributed by atoms with E-state index in [0.29, 0.717) is 18.2 Å². The maximum atomic E-state index is 13.5. The Morgan fingerprint density at radius 1 is 1.00 bits per heavy atom. The monoisotopic (exact) mass is 353 g/mol. The molecule has 2 aromatic carbocycles. The summed E-state index contributed by atoms with van der Waals surface area (Å²) in [7, 11) is -4.43. The minimum absolute atomic E-state index is 0.600. The molecule has 124 valence electrons. The van der Waals surface area contributed by atoms with Crippen LogP contribution in [0.3, 0.4) is 0 Å². The molecule has 0 radical (unpaired) electrons. The average molecular weight is 353 g/mol. The van der Waals surface area contributed by atoms with Gasteiger partial charge >= 0.3 is 6.36 Å². The standard InChI is InChI=1S/C13H8F5NO3S/c14-8-4-5-11(15)12(6-8)19-23(20,21)10-3-1-2-9(7-10)22-13(16,17)18/h1-7,19H. The number of rotatable bonds is 4. The van der Waals surface area contributed by atoms with Crippen molar-refractivity contribution >= 4 is 15.7 Å². The van der Waals surface area contributed by atoms with Crippen LogP contribution in [0, 0.1) is 11.6 Å². The van der Waals surface area contributed by atoms with Crippen molar-refractivity contribution in [3.05, 3.63) is 54.1 Å². The number of anilines is 1. The first-order valence-corrected chi connectivity index (χ1v) is 7.39. The number of alkyl halides is 3. The van der Waals surface area contributed by atoms with Gasteiger partial charge in [0.15, 0.2) is 0 Å². The molecule has 0 bridgehead atoms. The van der Waals surface area contributed by atoms with E-state index < -0.39 is 44.4 Å². The van der Waals surface area contributed by atoms with E-state index in [4.69, 9.17) is 0 Å². The summed E-state index contributed by atoms with van der Waals surface area (Å²) in [6.07, 6.45) is -5.00. The molecule has 2 rings (SSSR count). The first kappa shape index (κ1) is 17.0. The van der Waals surface area contributed by atoms with Gasteiger partial charge in [-0.3, -0.25) is 4.72 Å². The molecule has 0 atom stereocenters. The molecule has 0 aliphatic carbocycles. The van der Waals surface area contributed by atoms with Crippen LogP contribution in [0.1, 0.15) is 0 Å². The van der Waals surface area contributed by atoms with Gasteiger partial charge in [-0.2, -0.15) is 0 Å². The molecule has 2 aromatic rings. The summed E-state index contributed by atoms with van der Waals surface area (Å²) in [6.45, 7) is 0. The summed E-state index contributed by atoms with van der Waals surface area (Å²) in [6, 6.07) is 5.58. The summed E-state index contributed by atoms with van der Waals surface area (Å²) >= 11 is 0. The van der Waals surface area contributed by atoms with Crippen molar-refractivity contribution in [3.8, 4) is 5.75 Å². The second-order valence-electron chi connectivity index (χ2n) is 4.25. The van der Waals surface area contributed by atoms with E-state index in [0.717, 1.165) is 24.3 Å². The molecule has 1 N–H and O–H groups in total. The maximum Gasteiger partial charge on any atom is 0.573 e. The largest absolute Gasteiger partial charge is 0.573 e. The van der Waals surface area contributed by atoms with Gasteiger partial charge in [-0.15, -0.1) is 13.2 Å². The number of hydrogen-bond donors (Lipinski definition) is 1. The van der Waals surface area contributed by atoms with E-state index in [-0.39, 0.29) is 0 Å². The highest BCUT2D eigenvalue weighted by atomic mass is 32.2. The van der Waals surface area contributed by atoms with Crippen LogP contribution >= 0.6 is 0 Å². The highest BCUT2D eigenvalue weighted by molar-refractivity contribution is 7.92. The van der Waals surface area contributed by atoms with Crippen molar-refractivity contribution in [1.29, 1.82) is 0 Å². The predicted octanol–water partition coefficient (Wildman–Crippen LogP) is 3.66. The number of halogens is 5. The van der Waals surface area contributed by atoms with Crippen LogP contribution < -0.4 is 9.46 Å². The van der Waals surface area contributed by atoms with Gasteiger partial charge in [0.1, 0.15) is 17.4 Å². The molecule has 0 saturated heterocycles. The molecular weight excluding hydrogens is 345 g/mol. The Morgan fingerprint density at radius 2 is 1.70 bits per heavy atom. The lowest BCUT2D eigenvalue weighted by molar-refractivity contribution is -0.274. The predicted molar refractivity (Wildman–Crippen MR) is 70.3 cm³/mol. The van der Waals surface area contributed by atoms with Gasteiger partial charge in [0.05, 0.1) is 10.6 Å². The number of nitrogens with one attached hydrogen (secondary N) is 1. The Balaban J connectivity index is 2.33. The van der Waals surface area contributed by atoms with Gasteiger partial charge in [-0.05, 0) is 24.3 Å². The Bertz CT molecular complexity index is 821. The lowest BCUT2D eigenvalue weighted by Crippen LogP contribution is -2.18. The first-order valence-electron chi connectivity index (χ1n) is 5.90. The van der Waals surface area contributed by atoms with Crippen LogP contribution in [0.25, 0.3) is 0 Å². The molecule has 0 amide bonds. The minimum atomic E-state index is -5.00. The zero-order chi connectivity index (χ0) is 17.3. The van der Waals surface area contributed by atoms with Gasteiger partial charge in [-0.1, -0.05) is 6.07 Å². The third kappa shape index (κ3) is 4.55. The van der Waals surface area contributed by atoms with Crippen LogP contribution in [0.5, 0.6) is 5.75 Å². The van der Waals surface area contributed by atoms with Crippen LogP contribution in [0.4, 0.5) is 27.6 Å². The van der Waals surface area contributed by atoms with Gasteiger partial charge in [-0.25, -0.2) is 17.2 Å². The van der Waals surface area contributed by atoms with Gasteiger partial charge < -0.3 is 4.74 Å². The Morgan fingerprint density at radius 3 is 2.35 bits per heavy atom. The van der Waals surface area contributed by atoms with Crippen molar-refractivity contribution in [1.82, 2.24) is 0 Å². The highest BCUT2D eigenvalue weighted by Gasteiger charge is 2.31. The summed E-state index contributed by atoms with van der Waals surface area (Å²) < 4.78 is 92.3. The molecule has 0 saturated carbocycles. The van der Waals surface area contributed by atoms with Crippen molar-refractivity contribution in [2.75, 3.05) is 4.72 Å². The summed E-state index contributed by atoms with van der Waals surface area (Å²) in [5.41, 5.74) is -0.674. The fourth-order valence-corrected chi connectivity index (χ4v) is 2.71. The maximum absolute atomic E-state index is 13.5. The average Bonchev–Trinajstić information content (AvgIpc) is 2.41. The molecule has 0 aromatic heterocycles. The molecule has 0 aliphatic rings. The van der Waals surface area contributed by atoms with E-state index in [1.54, 1.807) is 4.72 Å². The van der Waals surface area contributed by atoms with Crippen LogP contribution in [-0.4, -0.2) is 14.8 Å². The Hall–Kier alpha value is -2.36. The van der Waals surface area contributed by atoms with Crippen LogP contribution in [0.2, 0.25) is 0 Å². The van der Waals surface area contributed by atoms with Crippen LogP contribution in [-0.2, 0) is 10.0 Å². The molecule has 0 spiro atoms. The number of hydrogen-bond acceptors (Lipinski definition) is 3. The quantitative estimate of drug-likeness (QED) is 0.854. The van der Waals surface area contributed by atoms with Gasteiger partial charge in [0, 0.05) is 12.1 Å². The minimum Gasteiger partial charge on any atom is -0.406 e. The molecule has 0 heterocycles. The highest BCUT2D eigenvalue weighted by Crippen LogP contribution is 2.26. The topological polar surface area (TPSA) is 55.4 Å². The first-order chi connectivity index (χ1) is 10.6. The zero-order valence-electron chi connectivity index (χ0n) is 11.1. The van der Waals surface area contributed by atoms with E-state index in [1.807, 2.05) is 0 Å². The second kappa shape index (κ2) is 6.03. The summed E-state index contributed by atoms with van der Waals surface area (Å²) in [5, 5.41) is 0. The van der Waals surface area contributed by atoms with Crippen molar-refractivity contribution in [2.45, 2.75) is 11.3 Å². The Kier molecular flexibility index (Phi) is 4.46. The number of ether oxygens (including phenoxy) is 1. The molecule has 4 nitrogen and oxygen atoms in total. The Labute approximate surface area is 127 Å². The third-order valence-corrected chi connectivity index (χ3v) is 3.89. The molecule has 23 heavy (non-hydrogen) atoms. The van der Waals surface area contributed by atoms with Gasteiger partial charge in [0.2, 0.25) is 0 Å². The number of sulfonamides is 1. The fraction of sp³-hybridized carbons (Fsp3) is 0.0769. The van der Waals surface area contributed by atoms with E-state index in [9.17, 15) is 30.4 Å². The SMILES string of the molecule is O=S(=O)(Nc1cc(F)ccc1F)c1cccc(OC(F)(F)F)c1. The van der Waals surface area contributed by atoms with Crippen molar-refractivity contribution in [2.24, 2.45) is 0 Å². The van der Waals surface area contributed by atoms with E-state index >= 15 is 0 Å². The fourth-order valence-electron chi connectivity index (χ4n) is 1.62. The van der Waals surface area contributed by atoms with E-state index in [1.165, 1.54) is 0 Å². The molecular formula is C13H8F5NO3S. The normalized spacial score (nSPS) is 12.0. The lowest BCUT2D eigenvalue weighted by atomic mass is 10.3. The van der Waals surface area contributed by atoms with Crippen molar-refractivity contribution in [3.63, 3.8) is 0 Å².